The molecule has 39 heavy (non-hydrogen) atoms. The lowest BCUT2D eigenvalue weighted by Crippen LogP contribution is -2.45. The number of alkyl halides is 1. The molecular weight excluding hydrogens is 614 g/mol. The fraction of sp³-hybridized carbons (Fsp3) is 0.286. The first-order valence-corrected chi connectivity index (χ1v) is 13.8. The van der Waals surface area contributed by atoms with Crippen LogP contribution in [0.1, 0.15) is 53.5 Å². The van der Waals surface area contributed by atoms with Crippen LogP contribution in [-0.4, -0.2) is 42.5 Å². The normalized spacial score (nSPS) is 18.8. The molecule has 6 rings (SSSR count). The van der Waals surface area contributed by atoms with E-state index in [0.717, 1.165) is 15.5 Å². The van der Waals surface area contributed by atoms with Crippen LogP contribution in [0.4, 0.5) is 10.2 Å². The van der Waals surface area contributed by atoms with Crippen molar-refractivity contribution in [1.82, 2.24) is 18.5 Å². The molecule has 0 N–H and O–H groups in total. The van der Waals surface area contributed by atoms with Gasteiger partial charge in [0, 0.05) is 39.8 Å². The Morgan fingerprint density at radius 2 is 1.90 bits per heavy atom. The summed E-state index contributed by atoms with van der Waals surface area (Å²) < 4.78 is 19.7. The maximum absolute atomic E-state index is 14.3. The summed E-state index contributed by atoms with van der Waals surface area (Å²) in [6.07, 6.45) is 3.13. The van der Waals surface area contributed by atoms with Crippen LogP contribution in [0.2, 0.25) is 0 Å². The molecule has 198 valence electrons. The van der Waals surface area contributed by atoms with Crippen molar-refractivity contribution in [3.63, 3.8) is 0 Å². The number of rotatable bonds is 3. The number of pyridine rings is 1. The molecule has 1 unspecified atom stereocenters. The van der Waals surface area contributed by atoms with E-state index in [0.29, 0.717) is 42.7 Å². The maximum Gasteiger partial charge on any atom is 0.337 e. The van der Waals surface area contributed by atoms with Crippen molar-refractivity contribution in [3.05, 3.63) is 90.0 Å². The smallest absolute Gasteiger partial charge is 0.304 e. The van der Waals surface area contributed by atoms with Crippen LogP contribution >= 0.6 is 22.6 Å². The molecular formula is C28H24FIN6O3. The van der Waals surface area contributed by atoms with Gasteiger partial charge in [-0.3, -0.25) is 14.2 Å². The minimum atomic E-state index is -1.39. The van der Waals surface area contributed by atoms with Crippen molar-refractivity contribution in [2.24, 2.45) is 9.98 Å². The van der Waals surface area contributed by atoms with Gasteiger partial charge in [-0.05, 0) is 85.5 Å². The van der Waals surface area contributed by atoms with Gasteiger partial charge in [0.2, 0.25) is 0 Å². The second-order valence-corrected chi connectivity index (χ2v) is 11.1. The second-order valence-electron chi connectivity index (χ2n) is 9.81. The summed E-state index contributed by atoms with van der Waals surface area (Å²) in [5.41, 5.74) is 2.38. The summed E-state index contributed by atoms with van der Waals surface area (Å²) in [6.45, 7) is 1.94. The minimum absolute atomic E-state index is 0.131. The number of halogens is 2. The predicted molar refractivity (Wildman–Crippen MR) is 155 cm³/mol. The van der Waals surface area contributed by atoms with Crippen molar-refractivity contribution in [2.75, 3.05) is 0 Å². The summed E-state index contributed by atoms with van der Waals surface area (Å²) in [4.78, 5) is 53.0. The lowest BCUT2D eigenvalue weighted by molar-refractivity contribution is 0.0998. The molecule has 0 saturated heterocycles. The Morgan fingerprint density at radius 3 is 2.64 bits per heavy atom. The summed E-state index contributed by atoms with van der Waals surface area (Å²) in [5, 5.41) is 0. The third-order valence-electron chi connectivity index (χ3n) is 7.25. The first kappa shape index (κ1) is 25.5. The number of benzene rings is 1. The zero-order chi connectivity index (χ0) is 27.3. The molecule has 2 aliphatic rings. The molecule has 0 radical (unpaired) electrons. The quantitative estimate of drug-likeness (QED) is 0.307. The van der Waals surface area contributed by atoms with E-state index < -0.39 is 29.4 Å². The van der Waals surface area contributed by atoms with Gasteiger partial charge in [-0.1, -0.05) is 12.1 Å². The predicted octanol–water partition coefficient (Wildman–Crippen LogP) is 4.55. The number of nitrogens with zero attached hydrogens (tertiary/aromatic N) is 6. The standard InChI is InChI=1S/C28H24FIN6O3/c1-16-4-2-7-24-33-23(15-34(16)24)26(37)32-19-8-10-20(11-9-19)36-27(38)22-12-17(29)14-31-25(22)35(28(36)39)21-6-3-5-18(30)13-21/h2-7,13-15,17,20H,8-12H2,1H3. The molecule has 4 heterocycles. The number of hydrogen-bond acceptors (Lipinski definition) is 5. The summed E-state index contributed by atoms with van der Waals surface area (Å²) in [7, 11) is 0. The zero-order valence-corrected chi connectivity index (χ0v) is 23.2. The van der Waals surface area contributed by atoms with Gasteiger partial charge in [0.05, 0.1) is 11.3 Å². The lowest BCUT2D eigenvalue weighted by atomic mass is 9.93. The Hall–Kier alpha value is -3.74. The van der Waals surface area contributed by atoms with Crippen LogP contribution in [-0.2, 0) is 6.42 Å². The monoisotopic (exact) mass is 638 g/mol. The number of aryl methyl sites for hydroxylation is 1. The van der Waals surface area contributed by atoms with E-state index in [-0.39, 0.29) is 23.5 Å². The average Bonchev–Trinajstić information content (AvgIpc) is 3.36. The Labute approximate surface area is 235 Å². The highest BCUT2D eigenvalue weighted by Crippen LogP contribution is 2.29. The number of aliphatic imine (C=N–C) groups is 2. The van der Waals surface area contributed by atoms with Crippen LogP contribution in [0.5, 0.6) is 0 Å². The van der Waals surface area contributed by atoms with E-state index in [1.165, 1.54) is 9.13 Å². The fourth-order valence-electron chi connectivity index (χ4n) is 5.30. The molecule has 1 aliphatic heterocycles. The van der Waals surface area contributed by atoms with Gasteiger partial charge in [-0.25, -0.2) is 28.7 Å². The number of fused-ring (bicyclic) bond motifs is 2. The van der Waals surface area contributed by atoms with E-state index in [1.54, 1.807) is 12.3 Å². The number of aromatic nitrogens is 4. The number of hydrogen-bond donors (Lipinski definition) is 0. The summed E-state index contributed by atoms with van der Waals surface area (Å²) >= 11 is 2.15. The second kappa shape index (κ2) is 10.1. The van der Waals surface area contributed by atoms with E-state index >= 15 is 0 Å². The highest BCUT2D eigenvalue weighted by Gasteiger charge is 2.30. The fourth-order valence-corrected chi connectivity index (χ4v) is 5.83. The molecule has 11 heteroatoms. The zero-order valence-electron chi connectivity index (χ0n) is 21.1. The molecule has 1 fully saturated rings. The van der Waals surface area contributed by atoms with Gasteiger partial charge in [-0.2, -0.15) is 0 Å². The lowest BCUT2D eigenvalue weighted by Gasteiger charge is -2.27. The van der Waals surface area contributed by atoms with Crippen LogP contribution in [0, 0.1) is 10.5 Å². The molecule has 0 spiro atoms. The van der Waals surface area contributed by atoms with E-state index in [4.69, 9.17) is 0 Å². The van der Waals surface area contributed by atoms with Gasteiger partial charge in [-0.15, -0.1) is 0 Å². The molecule has 1 atom stereocenters. The Balaban J connectivity index is 1.31. The van der Waals surface area contributed by atoms with Gasteiger partial charge in [0.15, 0.2) is 0 Å². The molecule has 9 nitrogen and oxygen atoms in total. The van der Waals surface area contributed by atoms with Gasteiger partial charge < -0.3 is 4.40 Å². The van der Waals surface area contributed by atoms with Crippen molar-refractivity contribution in [2.45, 2.75) is 51.2 Å². The number of carbonyl (C=O) groups excluding carboxylic acids is 1. The van der Waals surface area contributed by atoms with Gasteiger partial charge >= 0.3 is 5.69 Å². The third kappa shape index (κ3) is 4.68. The summed E-state index contributed by atoms with van der Waals surface area (Å²) in [6, 6.07) is 12.6. The van der Waals surface area contributed by atoms with E-state index in [2.05, 4.69) is 37.6 Å². The van der Waals surface area contributed by atoms with Crippen LogP contribution < -0.4 is 11.2 Å². The minimum Gasteiger partial charge on any atom is -0.304 e. The van der Waals surface area contributed by atoms with E-state index in [9.17, 15) is 18.8 Å². The van der Waals surface area contributed by atoms with Crippen LogP contribution in [0.3, 0.4) is 0 Å². The van der Waals surface area contributed by atoms with Gasteiger partial charge in [0.25, 0.3) is 11.5 Å². The molecule has 1 aliphatic carbocycles. The van der Waals surface area contributed by atoms with E-state index in [1.807, 2.05) is 47.7 Å². The van der Waals surface area contributed by atoms with Crippen molar-refractivity contribution < 1.29 is 9.18 Å². The SMILES string of the molecule is Cc1cccc2nc(C(=O)N=C3CCC(n4c(=O)c5c(n(-c6cccc(I)c6)c4=O)N=CC(F)C5)CC3)cn12. The Bertz CT molecular complexity index is 1810. The average molecular weight is 638 g/mol. The maximum atomic E-state index is 14.3. The molecule has 1 aromatic carbocycles. The molecule has 1 saturated carbocycles. The summed E-state index contributed by atoms with van der Waals surface area (Å²) in [5.74, 6) is -0.228. The van der Waals surface area contributed by atoms with Crippen LogP contribution in [0.25, 0.3) is 11.3 Å². The molecule has 3 aromatic heterocycles. The number of amides is 1. The number of imidazole rings is 1. The largest absolute Gasteiger partial charge is 0.337 e. The topological polar surface area (TPSA) is 103 Å². The van der Waals surface area contributed by atoms with Gasteiger partial charge in [0.1, 0.15) is 23.3 Å². The van der Waals surface area contributed by atoms with Crippen molar-refractivity contribution in [3.8, 4) is 5.69 Å². The Kier molecular flexibility index (Phi) is 6.61. The highest BCUT2D eigenvalue weighted by atomic mass is 127. The molecule has 4 aromatic rings. The Morgan fingerprint density at radius 1 is 1.13 bits per heavy atom. The molecule has 0 bridgehead atoms. The van der Waals surface area contributed by atoms with Crippen molar-refractivity contribution in [1.29, 1.82) is 0 Å². The number of carbonyl (C=O) groups is 1. The third-order valence-corrected chi connectivity index (χ3v) is 7.92. The first-order valence-electron chi connectivity index (χ1n) is 12.7. The first-order chi connectivity index (χ1) is 18.8. The highest BCUT2D eigenvalue weighted by molar-refractivity contribution is 14.1. The molecule has 1 amide bonds. The van der Waals surface area contributed by atoms with Crippen molar-refractivity contribution >= 4 is 51.9 Å². The van der Waals surface area contributed by atoms with Crippen LogP contribution in [0.15, 0.2) is 68.2 Å².